The number of halogens is 2. The van der Waals surface area contributed by atoms with Crippen molar-refractivity contribution in [2.45, 2.75) is 11.8 Å². The van der Waals surface area contributed by atoms with Crippen LogP contribution in [0.5, 0.6) is 0 Å². The molecule has 2 aromatic rings. The lowest BCUT2D eigenvalue weighted by Gasteiger charge is -2.08. The topological polar surface area (TPSA) is 88.2 Å². The van der Waals surface area contributed by atoms with Crippen molar-refractivity contribution in [2.75, 3.05) is 11.3 Å². The van der Waals surface area contributed by atoms with Crippen molar-refractivity contribution in [3.8, 4) is 0 Å². The summed E-state index contributed by atoms with van der Waals surface area (Å²) in [4.78, 5) is 15.1. The van der Waals surface area contributed by atoms with Crippen LogP contribution in [0.4, 0.5) is 14.5 Å². The van der Waals surface area contributed by atoms with E-state index in [1.165, 1.54) is 12.1 Å². The Hall–Kier alpha value is -2.55. The fraction of sp³-hybridized carbons (Fsp3) is 0.143. The Balaban J connectivity index is 2.24. The normalized spacial score (nSPS) is 11.1. The monoisotopic (exact) mass is 341 g/mol. The minimum absolute atomic E-state index is 0.0580. The van der Waals surface area contributed by atoms with Gasteiger partial charge in [-0.2, -0.15) is 0 Å². The second-order valence-electron chi connectivity index (χ2n) is 4.50. The number of amides is 1. The number of rotatable bonds is 5. The summed E-state index contributed by atoms with van der Waals surface area (Å²) in [5.41, 5.74) is -0.196. The van der Waals surface area contributed by atoms with Crippen LogP contribution in [0.3, 0.4) is 0 Å². The summed E-state index contributed by atoms with van der Waals surface area (Å²) in [5, 5.41) is 2.52. The van der Waals surface area contributed by atoms with Gasteiger partial charge in [-0.3, -0.25) is 9.52 Å². The number of nitrogens with zero attached hydrogens (tertiary/aromatic N) is 1. The molecule has 0 saturated heterocycles. The molecule has 2 N–H and O–H groups in total. The van der Waals surface area contributed by atoms with E-state index in [0.717, 1.165) is 18.3 Å². The highest BCUT2D eigenvalue weighted by atomic mass is 32.2. The fourth-order valence-electron chi connectivity index (χ4n) is 1.75. The van der Waals surface area contributed by atoms with Crippen molar-refractivity contribution in [1.29, 1.82) is 0 Å². The second kappa shape index (κ2) is 6.69. The predicted octanol–water partition coefficient (Wildman–Crippen LogP) is 1.91. The Kier molecular flexibility index (Phi) is 4.89. The quantitative estimate of drug-likeness (QED) is 0.869. The third-order valence-corrected chi connectivity index (χ3v) is 4.10. The van der Waals surface area contributed by atoms with Crippen molar-refractivity contribution >= 4 is 21.6 Å². The lowest BCUT2D eigenvalue weighted by atomic mass is 10.3. The van der Waals surface area contributed by atoms with Crippen molar-refractivity contribution in [1.82, 2.24) is 10.3 Å². The molecule has 1 amide bonds. The number of hydrogen-bond acceptors (Lipinski definition) is 4. The van der Waals surface area contributed by atoms with Crippen LogP contribution in [0.2, 0.25) is 0 Å². The second-order valence-corrected chi connectivity index (χ2v) is 6.18. The lowest BCUT2D eigenvalue weighted by Crippen LogP contribution is -2.24. The molecule has 0 bridgehead atoms. The molecular formula is C14H13F2N3O3S. The van der Waals surface area contributed by atoms with Crippen molar-refractivity contribution in [3.63, 3.8) is 0 Å². The molecule has 23 heavy (non-hydrogen) atoms. The molecule has 0 spiro atoms. The molecule has 1 aromatic heterocycles. The zero-order valence-corrected chi connectivity index (χ0v) is 12.8. The fourth-order valence-corrected chi connectivity index (χ4v) is 2.74. The van der Waals surface area contributed by atoms with E-state index in [-0.39, 0.29) is 16.3 Å². The van der Waals surface area contributed by atoms with Gasteiger partial charge >= 0.3 is 0 Å². The molecule has 122 valence electrons. The number of carbonyl (C=O) groups is 1. The Labute approximate surface area is 131 Å². The molecule has 0 aliphatic carbocycles. The molecule has 0 aliphatic rings. The lowest BCUT2D eigenvalue weighted by molar-refractivity contribution is 0.0950. The average molecular weight is 341 g/mol. The van der Waals surface area contributed by atoms with Gasteiger partial charge in [0.2, 0.25) is 0 Å². The van der Waals surface area contributed by atoms with Crippen molar-refractivity contribution < 1.29 is 22.0 Å². The maximum atomic E-state index is 13.1. The number of nitrogens with one attached hydrogen (secondary N) is 2. The molecule has 1 aromatic carbocycles. The highest BCUT2D eigenvalue weighted by molar-refractivity contribution is 7.92. The summed E-state index contributed by atoms with van der Waals surface area (Å²) in [7, 11) is -4.08. The molecule has 2 rings (SSSR count). The van der Waals surface area contributed by atoms with E-state index in [9.17, 15) is 22.0 Å². The summed E-state index contributed by atoms with van der Waals surface area (Å²) in [5.74, 6) is -2.25. The number of carbonyl (C=O) groups excluding carboxylic acids is 1. The van der Waals surface area contributed by atoms with Gasteiger partial charge in [0.15, 0.2) is 0 Å². The number of aromatic nitrogens is 1. The van der Waals surface area contributed by atoms with Gasteiger partial charge in [0.1, 0.15) is 22.2 Å². The van der Waals surface area contributed by atoms with Gasteiger partial charge in [0.25, 0.3) is 15.9 Å². The van der Waals surface area contributed by atoms with E-state index in [4.69, 9.17) is 0 Å². The van der Waals surface area contributed by atoms with Gasteiger partial charge in [-0.15, -0.1) is 0 Å². The first-order chi connectivity index (χ1) is 10.8. The average Bonchev–Trinajstić information content (AvgIpc) is 2.46. The SMILES string of the molecule is CCNC(=O)c1ccc(S(=O)(=O)Nc2cc(F)cc(F)c2)cn1. The molecular weight excluding hydrogens is 328 g/mol. The van der Waals surface area contributed by atoms with E-state index in [0.29, 0.717) is 12.6 Å². The van der Waals surface area contributed by atoms with E-state index >= 15 is 0 Å². The van der Waals surface area contributed by atoms with Crippen LogP contribution in [0.25, 0.3) is 0 Å². The molecule has 0 unspecified atom stereocenters. The zero-order chi connectivity index (χ0) is 17.0. The van der Waals surface area contributed by atoms with Crippen molar-refractivity contribution in [3.05, 3.63) is 53.9 Å². The van der Waals surface area contributed by atoms with E-state index in [1.807, 2.05) is 4.72 Å². The minimum atomic E-state index is -4.08. The predicted molar refractivity (Wildman–Crippen MR) is 79.4 cm³/mol. The van der Waals surface area contributed by atoms with Gasteiger partial charge in [-0.1, -0.05) is 0 Å². The Morgan fingerprint density at radius 1 is 1.17 bits per heavy atom. The molecule has 0 aliphatic heterocycles. The number of benzene rings is 1. The molecule has 9 heteroatoms. The van der Waals surface area contributed by atoms with Gasteiger partial charge < -0.3 is 5.32 Å². The first-order valence-corrected chi connectivity index (χ1v) is 8.03. The summed E-state index contributed by atoms with van der Waals surface area (Å²) < 4.78 is 52.5. The van der Waals surface area contributed by atoms with E-state index < -0.39 is 27.6 Å². The Bertz CT molecular complexity index is 803. The first kappa shape index (κ1) is 16.8. The maximum Gasteiger partial charge on any atom is 0.269 e. The Morgan fingerprint density at radius 2 is 1.83 bits per heavy atom. The van der Waals surface area contributed by atoms with E-state index in [2.05, 4.69) is 10.3 Å². The summed E-state index contributed by atoms with van der Waals surface area (Å²) in [6, 6.07) is 4.73. The molecule has 0 atom stereocenters. The molecule has 0 radical (unpaired) electrons. The van der Waals surface area contributed by atoms with Crippen LogP contribution in [-0.4, -0.2) is 25.9 Å². The zero-order valence-electron chi connectivity index (χ0n) is 12.0. The number of pyridine rings is 1. The molecule has 0 fully saturated rings. The van der Waals surface area contributed by atoms with Crippen molar-refractivity contribution in [2.24, 2.45) is 0 Å². The van der Waals surface area contributed by atoms with Gasteiger partial charge in [-0.25, -0.2) is 22.2 Å². The van der Waals surface area contributed by atoms with Crippen LogP contribution < -0.4 is 10.0 Å². The molecule has 6 nitrogen and oxygen atoms in total. The number of sulfonamides is 1. The standard InChI is InChI=1S/C14H13F2N3O3S/c1-2-17-14(20)13-4-3-12(8-18-13)23(21,22)19-11-6-9(15)5-10(16)7-11/h3-8,19H,2H2,1H3,(H,17,20). The van der Waals surface area contributed by atoms with Gasteiger partial charge in [0, 0.05) is 18.8 Å². The largest absolute Gasteiger partial charge is 0.351 e. The third-order valence-electron chi connectivity index (χ3n) is 2.73. The maximum absolute atomic E-state index is 13.1. The molecule has 0 saturated carbocycles. The van der Waals surface area contributed by atoms with Crippen LogP contribution in [-0.2, 0) is 10.0 Å². The summed E-state index contributed by atoms with van der Waals surface area (Å²) >= 11 is 0. The van der Waals surface area contributed by atoms with Crippen LogP contribution in [0.1, 0.15) is 17.4 Å². The van der Waals surface area contributed by atoms with Gasteiger partial charge in [0.05, 0.1) is 5.69 Å². The summed E-state index contributed by atoms with van der Waals surface area (Å²) in [6.07, 6.45) is 0.989. The van der Waals surface area contributed by atoms with Crippen LogP contribution in [0, 0.1) is 11.6 Å². The Morgan fingerprint density at radius 3 is 2.35 bits per heavy atom. The highest BCUT2D eigenvalue weighted by Gasteiger charge is 2.17. The smallest absolute Gasteiger partial charge is 0.269 e. The highest BCUT2D eigenvalue weighted by Crippen LogP contribution is 2.18. The number of anilines is 1. The minimum Gasteiger partial charge on any atom is -0.351 e. The molecule has 1 heterocycles. The van der Waals surface area contributed by atoms with Crippen LogP contribution in [0.15, 0.2) is 41.4 Å². The summed E-state index contributed by atoms with van der Waals surface area (Å²) in [6.45, 7) is 2.14. The number of hydrogen-bond donors (Lipinski definition) is 2. The first-order valence-electron chi connectivity index (χ1n) is 6.55. The third kappa shape index (κ3) is 4.22. The van der Waals surface area contributed by atoms with E-state index in [1.54, 1.807) is 6.92 Å². The van der Waals surface area contributed by atoms with Gasteiger partial charge in [-0.05, 0) is 31.2 Å². The van der Waals surface area contributed by atoms with Crippen LogP contribution >= 0.6 is 0 Å².